The van der Waals surface area contributed by atoms with Crippen LogP contribution in [0, 0.1) is 6.33 Å². The van der Waals surface area contributed by atoms with E-state index in [-0.39, 0.29) is 21.7 Å². The zero-order chi connectivity index (χ0) is 52.2. The van der Waals surface area contributed by atoms with Crippen LogP contribution in [0.5, 0.6) is 11.5 Å². The van der Waals surface area contributed by atoms with Crippen LogP contribution in [0.1, 0.15) is 133 Å². The van der Waals surface area contributed by atoms with Gasteiger partial charge in [-0.15, -0.1) is 0 Å². The molecule has 1 aliphatic carbocycles. The van der Waals surface area contributed by atoms with Crippen LogP contribution in [0.4, 0.5) is 13.2 Å². The minimum absolute atomic E-state index is 0.151. The predicted molar refractivity (Wildman–Crippen MR) is 293 cm³/mol. The summed E-state index contributed by atoms with van der Waals surface area (Å²) in [5.74, 6) is 2.11. The first-order valence-electron chi connectivity index (χ1n) is 25.7. The standard InChI is InChI=1S/C66H61F3N4O/c1-61(2,3)40-32-47-48-33-41(62(4,5)6)35-52(64(10,11)12)59(48)65(58(47)51(34-40)63(7,8)9)49-30-28-44(74-43-27-29-46-45-18-13-14-20-53(45)73(55(46)36-43)57-22-15-16-31-70-57)37-56(49)72-38-71(54-21-17-19-50(65)60(54)72)42-25-23-39(24-26-42)66(67,68)69/h13-37H,1-12H3. The topological polar surface area (TPSA) is 35.9 Å². The molecule has 8 heteroatoms. The van der Waals surface area contributed by atoms with Gasteiger partial charge in [0.05, 0.1) is 44.4 Å². The third-order valence-electron chi connectivity index (χ3n) is 15.6. The second-order valence-corrected chi connectivity index (χ2v) is 24.6. The number of ether oxygens (including phenoxy) is 1. The number of alkyl halides is 3. The van der Waals surface area contributed by atoms with Crippen LogP contribution in [0.2, 0.25) is 0 Å². The zero-order valence-corrected chi connectivity index (χ0v) is 44.3. The van der Waals surface area contributed by atoms with E-state index in [2.05, 4.69) is 196 Å². The smallest absolute Gasteiger partial charge is 0.416 e. The van der Waals surface area contributed by atoms with Crippen LogP contribution in [0.25, 0.3) is 61.2 Å². The summed E-state index contributed by atoms with van der Waals surface area (Å²) < 4.78 is 55.5. The van der Waals surface area contributed by atoms with Gasteiger partial charge in [0.2, 0.25) is 0 Å². The third kappa shape index (κ3) is 7.10. The molecule has 0 amide bonds. The van der Waals surface area contributed by atoms with Crippen molar-refractivity contribution in [1.29, 1.82) is 0 Å². The number of pyridine rings is 1. The number of benzene rings is 7. The van der Waals surface area contributed by atoms with Crippen LogP contribution in [-0.4, -0.2) is 14.1 Å². The molecule has 0 unspecified atom stereocenters. The van der Waals surface area contributed by atoms with Crippen LogP contribution < -0.4 is 9.30 Å². The molecule has 1 spiro atoms. The lowest BCUT2D eigenvalue weighted by molar-refractivity contribution is -0.572. The van der Waals surface area contributed by atoms with E-state index in [1.807, 2.05) is 35.0 Å². The van der Waals surface area contributed by atoms with E-state index < -0.39 is 17.2 Å². The minimum atomic E-state index is -4.48. The molecule has 0 fully saturated rings. The first-order chi connectivity index (χ1) is 34.8. The van der Waals surface area contributed by atoms with E-state index in [0.29, 0.717) is 17.2 Å². The number of imidazole rings is 1. The molecular formula is C66H61F3N4O. The Morgan fingerprint density at radius 1 is 0.527 bits per heavy atom. The Bertz CT molecular complexity index is 3860. The largest absolute Gasteiger partial charge is 0.458 e. The molecule has 0 saturated carbocycles. The highest BCUT2D eigenvalue weighted by Gasteiger charge is 2.55. The van der Waals surface area contributed by atoms with Crippen molar-refractivity contribution in [2.75, 3.05) is 0 Å². The summed E-state index contributed by atoms with van der Waals surface area (Å²) in [6.45, 7) is 27.8. The molecular weight excluding hydrogens is 922 g/mol. The Kier molecular flexibility index (Phi) is 10.1. The molecule has 5 nitrogen and oxygen atoms in total. The summed E-state index contributed by atoms with van der Waals surface area (Å²) in [6, 6.07) is 48.8. The summed E-state index contributed by atoms with van der Waals surface area (Å²) in [6.07, 6.45) is 1.04. The Morgan fingerprint density at radius 2 is 1.12 bits per heavy atom. The molecule has 4 heterocycles. The van der Waals surface area contributed by atoms with Crippen LogP contribution in [0.15, 0.2) is 152 Å². The van der Waals surface area contributed by atoms with Gasteiger partial charge in [-0.05, 0) is 132 Å². The van der Waals surface area contributed by atoms with Gasteiger partial charge in [-0.3, -0.25) is 13.7 Å². The fraction of sp³-hybridized carbons (Fsp3) is 0.273. The second kappa shape index (κ2) is 15.8. The average molecular weight is 983 g/mol. The normalized spacial score (nSPS) is 14.3. The lowest BCUT2D eigenvalue weighted by Gasteiger charge is -2.44. The predicted octanol–water partition coefficient (Wildman–Crippen LogP) is 16.9. The van der Waals surface area contributed by atoms with Gasteiger partial charge in [0.25, 0.3) is 6.33 Å². The molecule has 0 bridgehead atoms. The first-order valence-corrected chi connectivity index (χ1v) is 25.7. The van der Waals surface area contributed by atoms with Crippen LogP contribution >= 0.6 is 0 Å². The maximum absolute atomic E-state index is 14.1. The Labute approximate surface area is 431 Å². The number of hydrogen-bond acceptors (Lipinski definition) is 2. The Hall–Kier alpha value is -7.45. The molecule has 0 N–H and O–H groups in total. The average Bonchev–Trinajstić information content (AvgIpc) is 3.99. The van der Waals surface area contributed by atoms with Crippen molar-refractivity contribution in [3.05, 3.63) is 208 Å². The maximum Gasteiger partial charge on any atom is 0.416 e. The quantitative estimate of drug-likeness (QED) is 0.130. The lowest BCUT2D eigenvalue weighted by atomic mass is 9.60. The molecule has 372 valence electrons. The van der Waals surface area contributed by atoms with E-state index in [9.17, 15) is 13.2 Å². The van der Waals surface area contributed by atoms with E-state index in [1.165, 1.54) is 44.5 Å². The summed E-state index contributed by atoms with van der Waals surface area (Å²) in [4.78, 5) is 4.77. The maximum atomic E-state index is 14.1. The molecule has 3 aromatic heterocycles. The van der Waals surface area contributed by atoms with Crippen LogP contribution in [-0.2, 0) is 33.3 Å². The first kappa shape index (κ1) is 47.5. The Balaban J connectivity index is 1.19. The van der Waals surface area contributed by atoms with Crippen molar-refractivity contribution in [2.24, 2.45) is 0 Å². The number of hydrogen-bond donors (Lipinski definition) is 0. The van der Waals surface area contributed by atoms with Gasteiger partial charge in [0, 0.05) is 23.0 Å². The van der Waals surface area contributed by atoms with Crippen molar-refractivity contribution in [2.45, 2.75) is 116 Å². The monoisotopic (exact) mass is 982 g/mol. The number of aromatic nitrogens is 4. The lowest BCUT2D eigenvalue weighted by Crippen LogP contribution is -2.38. The molecule has 7 aromatic carbocycles. The van der Waals surface area contributed by atoms with E-state index in [0.717, 1.165) is 67.6 Å². The molecule has 10 aromatic rings. The van der Waals surface area contributed by atoms with Gasteiger partial charge in [0.15, 0.2) is 0 Å². The molecule has 0 saturated heterocycles. The molecule has 12 rings (SSSR count). The van der Waals surface area contributed by atoms with Crippen molar-refractivity contribution >= 4 is 32.8 Å². The molecule has 0 radical (unpaired) electrons. The van der Waals surface area contributed by atoms with Crippen molar-refractivity contribution in [3.8, 4) is 39.8 Å². The number of fused-ring (bicyclic) bond motifs is 12. The van der Waals surface area contributed by atoms with E-state index in [4.69, 9.17) is 9.72 Å². The van der Waals surface area contributed by atoms with Gasteiger partial charge >= 0.3 is 6.18 Å². The summed E-state index contributed by atoms with van der Waals surface area (Å²) >= 11 is 0. The number of halogens is 3. The summed E-state index contributed by atoms with van der Waals surface area (Å²) in [5, 5.41) is 2.21. The van der Waals surface area contributed by atoms with E-state index in [1.54, 1.807) is 12.1 Å². The van der Waals surface area contributed by atoms with Gasteiger partial charge in [-0.25, -0.2) is 4.98 Å². The summed E-state index contributed by atoms with van der Waals surface area (Å²) in [5.41, 5.74) is 15.0. The van der Waals surface area contributed by atoms with Crippen LogP contribution in [0.3, 0.4) is 0 Å². The van der Waals surface area contributed by atoms with Gasteiger partial charge < -0.3 is 4.74 Å². The zero-order valence-electron chi connectivity index (χ0n) is 44.3. The van der Waals surface area contributed by atoms with Crippen molar-refractivity contribution < 1.29 is 22.5 Å². The van der Waals surface area contributed by atoms with E-state index >= 15 is 0 Å². The van der Waals surface area contributed by atoms with Crippen molar-refractivity contribution in [3.63, 3.8) is 0 Å². The number of nitrogens with zero attached hydrogens (tertiary/aromatic N) is 4. The molecule has 2 aliphatic rings. The fourth-order valence-corrected chi connectivity index (χ4v) is 12.0. The highest BCUT2D eigenvalue weighted by Crippen LogP contribution is 2.65. The minimum Gasteiger partial charge on any atom is -0.458 e. The Morgan fingerprint density at radius 3 is 1.72 bits per heavy atom. The number of rotatable bonds is 4. The fourth-order valence-electron chi connectivity index (χ4n) is 12.0. The van der Waals surface area contributed by atoms with Gasteiger partial charge in [-0.1, -0.05) is 168 Å². The highest BCUT2D eigenvalue weighted by molar-refractivity contribution is 6.09. The molecule has 74 heavy (non-hydrogen) atoms. The van der Waals surface area contributed by atoms with Gasteiger partial charge in [0.1, 0.15) is 17.3 Å². The second-order valence-electron chi connectivity index (χ2n) is 24.6. The van der Waals surface area contributed by atoms with Crippen molar-refractivity contribution in [1.82, 2.24) is 14.1 Å². The van der Waals surface area contributed by atoms with Gasteiger partial charge in [-0.2, -0.15) is 13.2 Å². The third-order valence-corrected chi connectivity index (χ3v) is 15.6. The molecule has 1 aliphatic heterocycles. The number of para-hydroxylation sites is 2. The SMILES string of the molecule is CC(C)(C)c1cc2c(c(C(C)(C)C)c1)C1(c3ccc(Oc4ccc5c6ccccc6n(-c6ccccn6)c5c4)cc3-n3[c-][n+](-c4ccc(C(F)(F)F)cc4)c4cccc1c43)c1c-2cc(C(C)(C)C)cc1C(C)(C)C. The highest BCUT2D eigenvalue weighted by atomic mass is 19.4. The summed E-state index contributed by atoms with van der Waals surface area (Å²) in [7, 11) is 0. The molecule has 0 atom stereocenters.